The van der Waals surface area contributed by atoms with Crippen molar-refractivity contribution in [2.45, 2.75) is 58.1 Å². The molecule has 17 heavy (non-hydrogen) atoms. The molecular formula is C13H25NO2S. The predicted molar refractivity (Wildman–Crippen MR) is 73.5 cm³/mol. The van der Waals surface area contributed by atoms with Crippen LogP contribution >= 0.6 is 11.8 Å². The molecule has 1 amide bonds. The van der Waals surface area contributed by atoms with Crippen LogP contribution in [0, 0.1) is 5.92 Å². The molecule has 4 heteroatoms. The van der Waals surface area contributed by atoms with Crippen LogP contribution in [0.2, 0.25) is 0 Å². The summed E-state index contributed by atoms with van der Waals surface area (Å²) in [6.45, 7) is 5.67. The zero-order valence-corrected chi connectivity index (χ0v) is 12.2. The van der Waals surface area contributed by atoms with Crippen molar-refractivity contribution in [3.05, 3.63) is 0 Å². The monoisotopic (exact) mass is 259 g/mol. The van der Waals surface area contributed by atoms with Crippen LogP contribution in [0.4, 0.5) is 4.79 Å². The van der Waals surface area contributed by atoms with E-state index in [1.54, 1.807) is 0 Å². The quantitative estimate of drug-likeness (QED) is 0.844. The Bertz CT molecular complexity index is 242. The number of ether oxygens (including phenoxy) is 1. The molecule has 3 nitrogen and oxygen atoms in total. The van der Waals surface area contributed by atoms with Crippen LogP contribution in [0.5, 0.6) is 0 Å². The van der Waals surface area contributed by atoms with Gasteiger partial charge in [0.1, 0.15) is 5.60 Å². The summed E-state index contributed by atoms with van der Waals surface area (Å²) in [5.41, 5.74) is -0.403. The molecule has 0 aromatic carbocycles. The molecule has 0 unspecified atom stereocenters. The van der Waals surface area contributed by atoms with Crippen molar-refractivity contribution in [2.75, 3.05) is 12.0 Å². The number of alkyl carbamates (subject to hydrolysis) is 1. The van der Waals surface area contributed by atoms with Crippen molar-refractivity contribution >= 4 is 17.9 Å². The molecule has 0 saturated heterocycles. The average Bonchev–Trinajstić information content (AvgIpc) is 2.18. The molecule has 1 saturated carbocycles. The fraction of sp³-hybridized carbons (Fsp3) is 0.923. The smallest absolute Gasteiger partial charge is 0.407 e. The number of hydrogen-bond acceptors (Lipinski definition) is 3. The summed E-state index contributed by atoms with van der Waals surface area (Å²) >= 11 is 1.92. The minimum atomic E-state index is -0.403. The number of rotatable bonds is 3. The summed E-state index contributed by atoms with van der Waals surface area (Å²) in [5.74, 6) is 2.08. The van der Waals surface area contributed by atoms with Crippen molar-refractivity contribution < 1.29 is 9.53 Å². The lowest BCUT2D eigenvalue weighted by atomic mass is 9.87. The summed E-state index contributed by atoms with van der Waals surface area (Å²) in [6.07, 6.45) is 6.51. The van der Waals surface area contributed by atoms with Gasteiger partial charge in [-0.05, 0) is 64.4 Å². The highest BCUT2D eigenvalue weighted by Gasteiger charge is 2.24. The Morgan fingerprint density at radius 1 is 1.29 bits per heavy atom. The standard InChI is InChI=1S/C13H25NO2S/c1-13(2,3)16-12(15)14-11-7-5-10(6-8-11)9-17-4/h10-11H,5-9H2,1-4H3,(H,14,15). The lowest BCUT2D eigenvalue weighted by Gasteiger charge is -2.29. The highest BCUT2D eigenvalue weighted by molar-refractivity contribution is 7.98. The third-order valence-corrected chi connectivity index (χ3v) is 3.77. The fourth-order valence-corrected chi connectivity index (χ4v) is 2.99. The second-order valence-electron chi connectivity index (χ2n) is 5.82. The van der Waals surface area contributed by atoms with Gasteiger partial charge in [-0.2, -0.15) is 11.8 Å². The second-order valence-corrected chi connectivity index (χ2v) is 6.73. The third-order valence-electron chi connectivity index (χ3n) is 2.97. The molecule has 0 aromatic rings. The van der Waals surface area contributed by atoms with Gasteiger partial charge in [0.15, 0.2) is 0 Å². The summed E-state index contributed by atoms with van der Waals surface area (Å²) in [7, 11) is 0. The number of carbonyl (C=O) groups is 1. The van der Waals surface area contributed by atoms with Gasteiger partial charge in [0, 0.05) is 6.04 Å². The van der Waals surface area contributed by atoms with Crippen molar-refractivity contribution in [3.8, 4) is 0 Å². The Morgan fingerprint density at radius 2 is 1.88 bits per heavy atom. The lowest BCUT2D eigenvalue weighted by Crippen LogP contribution is -2.41. The van der Waals surface area contributed by atoms with Crippen molar-refractivity contribution in [2.24, 2.45) is 5.92 Å². The zero-order valence-electron chi connectivity index (χ0n) is 11.4. The van der Waals surface area contributed by atoms with Crippen molar-refractivity contribution in [1.82, 2.24) is 5.32 Å². The lowest BCUT2D eigenvalue weighted by molar-refractivity contribution is 0.0488. The van der Waals surface area contributed by atoms with Gasteiger partial charge in [0.2, 0.25) is 0 Å². The normalized spacial score (nSPS) is 25.4. The van der Waals surface area contributed by atoms with E-state index in [1.165, 1.54) is 18.6 Å². The van der Waals surface area contributed by atoms with E-state index in [0.717, 1.165) is 18.8 Å². The minimum absolute atomic E-state index is 0.272. The van der Waals surface area contributed by atoms with Crippen LogP contribution in [0.3, 0.4) is 0 Å². The van der Waals surface area contributed by atoms with Gasteiger partial charge in [0.25, 0.3) is 0 Å². The van der Waals surface area contributed by atoms with Crippen LogP contribution < -0.4 is 5.32 Å². The maximum atomic E-state index is 11.6. The van der Waals surface area contributed by atoms with Gasteiger partial charge >= 0.3 is 6.09 Å². The first-order chi connectivity index (χ1) is 7.90. The number of nitrogens with one attached hydrogen (secondary N) is 1. The summed E-state index contributed by atoms with van der Waals surface area (Å²) < 4.78 is 5.26. The van der Waals surface area contributed by atoms with Gasteiger partial charge in [0.05, 0.1) is 0 Å². The number of thioether (sulfide) groups is 1. The largest absolute Gasteiger partial charge is 0.444 e. The van der Waals surface area contributed by atoms with Crippen LogP contribution in [0.15, 0.2) is 0 Å². The minimum Gasteiger partial charge on any atom is -0.444 e. The van der Waals surface area contributed by atoms with Crippen LogP contribution in [0.25, 0.3) is 0 Å². The SMILES string of the molecule is CSCC1CCC(NC(=O)OC(C)(C)C)CC1. The Balaban J connectivity index is 2.24. The fourth-order valence-electron chi connectivity index (χ4n) is 2.18. The first-order valence-electron chi connectivity index (χ1n) is 6.39. The van der Waals surface area contributed by atoms with Gasteiger partial charge in [-0.15, -0.1) is 0 Å². The molecule has 1 N–H and O–H groups in total. The number of carbonyl (C=O) groups excluding carboxylic acids is 1. The molecule has 0 bridgehead atoms. The number of amides is 1. The van der Waals surface area contributed by atoms with E-state index in [2.05, 4.69) is 11.6 Å². The average molecular weight is 259 g/mol. The second kappa shape index (κ2) is 6.53. The molecule has 0 radical (unpaired) electrons. The summed E-state index contributed by atoms with van der Waals surface area (Å²) in [4.78, 5) is 11.6. The third kappa shape index (κ3) is 6.20. The van der Waals surface area contributed by atoms with Crippen molar-refractivity contribution in [1.29, 1.82) is 0 Å². The van der Waals surface area contributed by atoms with E-state index in [4.69, 9.17) is 4.74 Å². The van der Waals surface area contributed by atoms with Crippen molar-refractivity contribution in [3.63, 3.8) is 0 Å². The highest BCUT2D eigenvalue weighted by atomic mass is 32.2. The molecule has 0 aliphatic heterocycles. The first-order valence-corrected chi connectivity index (χ1v) is 7.78. The van der Waals surface area contributed by atoms with E-state index >= 15 is 0 Å². The van der Waals surface area contributed by atoms with E-state index in [1.807, 2.05) is 32.5 Å². The summed E-state index contributed by atoms with van der Waals surface area (Å²) in [5, 5.41) is 2.97. The van der Waals surface area contributed by atoms with E-state index < -0.39 is 5.60 Å². The molecule has 1 rings (SSSR count). The van der Waals surface area contributed by atoms with Gasteiger partial charge in [-0.3, -0.25) is 0 Å². The van der Waals surface area contributed by atoms with Crippen LogP contribution in [-0.2, 0) is 4.74 Å². The number of hydrogen-bond donors (Lipinski definition) is 1. The Hall–Kier alpha value is -0.380. The van der Waals surface area contributed by atoms with E-state index in [-0.39, 0.29) is 6.09 Å². The molecule has 0 spiro atoms. The maximum absolute atomic E-state index is 11.6. The Morgan fingerprint density at radius 3 is 2.35 bits per heavy atom. The molecule has 1 aliphatic rings. The molecule has 0 atom stereocenters. The molecule has 1 fully saturated rings. The van der Waals surface area contributed by atoms with Crippen LogP contribution in [0.1, 0.15) is 46.5 Å². The van der Waals surface area contributed by atoms with Gasteiger partial charge in [-0.25, -0.2) is 4.79 Å². The van der Waals surface area contributed by atoms with E-state index in [0.29, 0.717) is 6.04 Å². The van der Waals surface area contributed by atoms with Gasteiger partial charge < -0.3 is 10.1 Å². The summed E-state index contributed by atoms with van der Waals surface area (Å²) in [6, 6.07) is 0.308. The van der Waals surface area contributed by atoms with Crippen LogP contribution in [-0.4, -0.2) is 29.7 Å². The predicted octanol–water partition coefficient (Wildman–Crippen LogP) is 3.43. The molecule has 1 aliphatic carbocycles. The zero-order chi connectivity index (χ0) is 12.9. The molecule has 100 valence electrons. The van der Waals surface area contributed by atoms with E-state index in [9.17, 15) is 4.79 Å². The Kier molecular flexibility index (Phi) is 5.63. The van der Waals surface area contributed by atoms with Gasteiger partial charge in [-0.1, -0.05) is 0 Å². The molecule has 0 aromatic heterocycles. The molecular weight excluding hydrogens is 234 g/mol. The maximum Gasteiger partial charge on any atom is 0.407 e. The Labute approximate surface area is 109 Å². The molecule has 0 heterocycles. The highest BCUT2D eigenvalue weighted by Crippen LogP contribution is 2.26. The first kappa shape index (κ1) is 14.7. The topological polar surface area (TPSA) is 38.3 Å².